The lowest BCUT2D eigenvalue weighted by Gasteiger charge is -2.13. The number of aromatic nitrogens is 3. The van der Waals surface area contributed by atoms with E-state index in [0.29, 0.717) is 25.7 Å². The molecule has 2 N–H and O–H groups in total. The van der Waals surface area contributed by atoms with Crippen molar-refractivity contribution in [3.63, 3.8) is 0 Å². The van der Waals surface area contributed by atoms with E-state index in [2.05, 4.69) is 32.7 Å². The first-order chi connectivity index (χ1) is 12.3. The maximum atomic E-state index is 5.73. The van der Waals surface area contributed by atoms with E-state index in [0.717, 1.165) is 42.5 Å². The smallest absolute Gasteiger partial charge is 0.196 e. The highest BCUT2D eigenvalue weighted by molar-refractivity contribution is 5.93. The standard InChI is InChI=1S/C17H24N6O2/c1-3-18-17(19-11-16-22-20-12-23(16)4-2)21-13-6-7-14-15(10-13)25-9-5-8-24-14/h6-7,10,12H,3-5,8-9,11H2,1-2H3,(H2,18,19,21). The summed E-state index contributed by atoms with van der Waals surface area (Å²) in [5, 5.41) is 14.6. The van der Waals surface area contributed by atoms with Gasteiger partial charge >= 0.3 is 0 Å². The Hall–Kier alpha value is -2.77. The molecule has 8 heteroatoms. The number of fused-ring (bicyclic) bond motifs is 1. The molecule has 134 valence electrons. The van der Waals surface area contributed by atoms with Crippen molar-refractivity contribution < 1.29 is 9.47 Å². The molecule has 1 aromatic heterocycles. The molecule has 1 aliphatic heterocycles. The largest absolute Gasteiger partial charge is 0.490 e. The van der Waals surface area contributed by atoms with Gasteiger partial charge in [0.25, 0.3) is 0 Å². The summed E-state index contributed by atoms with van der Waals surface area (Å²) < 4.78 is 13.4. The third-order valence-corrected chi connectivity index (χ3v) is 3.77. The van der Waals surface area contributed by atoms with Crippen molar-refractivity contribution >= 4 is 11.6 Å². The topological polar surface area (TPSA) is 85.6 Å². The molecule has 25 heavy (non-hydrogen) atoms. The Balaban J connectivity index is 1.73. The summed E-state index contributed by atoms with van der Waals surface area (Å²) >= 11 is 0. The number of aryl methyl sites for hydroxylation is 1. The van der Waals surface area contributed by atoms with Crippen LogP contribution in [0.15, 0.2) is 29.5 Å². The highest BCUT2D eigenvalue weighted by atomic mass is 16.5. The summed E-state index contributed by atoms with van der Waals surface area (Å²) in [6, 6.07) is 5.80. The zero-order valence-corrected chi connectivity index (χ0v) is 14.7. The Bertz CT molecular complexity index is 728. The molecule has 3 rings (SSSR count). The molecule has 0 bridgehead atoms. The average Bonchev–Trinajstić information content (AvgIpc) is 2.96. The van der Waals surface area contributed by atoms with Gasteiger partial charge in [-0.1, -0.05) is 0 Å². The molecule has 1 aliphatic rings. The van der Waals surface area contributed by atoms with Gasteiger partial charge in [0.05, 0.1) is 13.2 Å². The fourth-order valence-electron chi connectivity index (χ4n) is 2.50. The first kappa shape index (κ1) is 17.1. The van der Waals surface area contributed by atoms with Gasteiger partial charge in [-0.25, -0.2) is 4.99 Å². The first-order valence-corrected chi connectivity index (χ1v) is 8.61. The number of guanidine groups is 1. The Kier molecular flexibility index (Phi) is 5.71. The fourth-order valence-corrected chi connectivity index (χ4v) is 2.50. The molecule has 0 unspecified atom stereocenters. The predicted molar refractivity (Wildman–Crippen MR) is 96.2 cm³/mol. The van der Waals surface area contributed by atoms with Gasteiger partial charge in [-0.3, -0.25) is 0 Å². The minimum absolute atomic E-state index is 0.452. The van der Waals surface area contributed by atoms with Gasteiger partial charge in [-0.2, -0.15) is 0 Å². The van der Waals surface area contributed by atoms with E-state index < -0.39 is 0 Å². The van der Waals surface area contributed by atoms with Crippen LogP contribution in [0.3, 0.4) is 0 Å². The van der Waals surface area contributed by atoms with Crippen LogP contribution < -0.4 is 20.1 Å². The maximum absolute atomic E-state index is 5.73. The Morgan fingerprint density at radius 2 is 2.08 bits per heavy atom. The van der Waals surface area contributed by atoms with E-state index >= 15 is 0 Å². The van der Waals surface area contributed by atoms with Gasteiger partial charge in [-0.15, -0.1) is 10.2 Å². The molecule has 8 nitrogen and oxygen atoms in total. The van der Waals surface area contributed by atoms with Crippen molar-refractivity contribution in [2.24, 2.45) is 4.99 Å². The van der Waals surface area contributed by atoms with Crippen LogP contribution in [0.25, 0.3) is 0 Å². The molecule has 0 saturated heterocycles. The lowest BCUT2D eigenvalue weighted by molar-refractivity contribution is 0.297. The van der Waals surface area contributed by atoms with E-state index in [9.17, 15) is 0 Å². The van der Waals surface area contributed by atoms with E-state index in [1.807, 2.05) is 29.7 Å². The summed E-state index contributed by atoms with van der Waals surface area (Å²) in [6.07, 6.45) is 2.61. The second-order valence-electron chi connectivity index (χ2n) is 5.57. The number of anilines is 1. The number of ether oxygens (including phenoxy) is 2. The van der Waals surface area contributed by atoms with E-state index in [1.54, 1.807) is 6.33 Å². The number of hydrogen-bond acceptors (Lipinski definition) is 5. The Morgan fingerprint density at radius 1 is 1.24 bits per heavy atom. The van der Waals surface area contributed by atoms with E-state index in [4.69, 9.17) is 9.47 Å². The number of aliphatic imine (C=N–C) groups is 1. The molecule has 2 heterocycles. The van der Waals surface area contributed by atoms with Gasteiger partial charge in [0.15, 0.2) is 23.3 Å². The van der Waals surface area contributed by atoms with Crippen molar-refractivity contribution in [2.45, 2.75) is 33.4 Å². The number of nitrogens with one attached hydrogen (secondary N) is 2. The number of rotatable bonds is 5. The second-order valence-corrected chi connectivity index (χ2v) is 5.57. The average molecular weight is 344 g/mol. The van der Waals surface area contributed by atoms with Gasteiger partial charge < -0.3 is 24.7 Å². The summed E-state index contributed by atoms with van der Waals surface area (Å²) in [6.45, 7) is 7.46. The minimum atomic E-state index is 0.452. The predicted octanol–water partition coefficient (Wildman–Crippen LogP) is 2.04. The minimum Gasteiger partial charge on any atom is -0.490 e. The van der Waals surface area contributed by atoms with Crippen molar-refractivity contribution in [2.75, 3.05) is 25.1 Å². The number of benzene rings is 1. The van der Waals surface area contributed by atoms with Crippen LogP contribution in [-0.2, 0) is 13.1 Å². The molecule has 0 fully saturated rings. The van der Waals surface area contributed by atoms with Gasteiger partial charge in [0, 0.05) is 31.3 Å². The zero-order chi connectivity index (χ0) is 17.5. The van der Waals surface area contributed by atoms with Crippen molar-refractivity contribution in [1.29, 1.82) is 0 Å². The van der Waals surface area contributed by atoms with Gasteiger partial charge in [0.2, 0.25) is 0 Å². The first-order valence-electron chi connectivity index (χ1n) is 8.61. The van der Waals surface area contributed by atoms with E-state index in [1.165, 1.54) is 0 Å². The van der Waals surface area contributed by atoms with Crippen LogP contribution in [0.4, 0.5) is 5.69 Å². The lowest BCUT2D eigenvalue weighted by atomic mass is 10.3. The molecule has 0 aliphatic carbocycles. The molecule has 0 radical (unpaired) electrons. The maximum Gasteiger partial charge on any atom is 0.196 e. The Labute approximate surface area is 147 Å². The number of hydrogen-bond donors (Lipinski definition) is 2. The van der Waals surface area contributed by atoms with Crippen molar-refractivity contribution in [3.05, 3.63) is 30.4 Å². The summed E-state index contributed by atoms with van der Waals surface area (Å²) in [4.78, 5) is 4.59. The molecular formula is C17H24N6O2. The van der Waals surface area contributed by atoms with Crippen LogP contribution in [0.1, 0.15) is 26.1 Å². The second kappa shape index (κ2) is 8.36. The van der Waals surface area contributed by atoms with Crippen LogP contribution in [0.2, 0.25) is 0 Å². The normalized spacial score (nSPS) is 14.1. The molecular weight excluding hydrogens is 320 g/mol. The summed E-state index contributed by atoms with van der Waals surface area (Å²) in [5.41, 5.74) is 0.890. The Morgan fingerprint density at radius 3 is 2.88 bits per heavy atom. The number of nitrogens with zero attached hydrogens (tertiary/aromatic N) is 4. The quantitative estimate of drug-likeness (QED) is 0.638. The molecule has 1 aromatic carbocycles. The highest BCUT2D eigenvalue weighted by Crippen LogP contribution is 2.32. The van der Waals surface area contributed by atoms with Crippen molar-refractivity contribution in [3.8, 4) is 11.5 Å². The van der Waals surface area contributed by atoms with Gasteiger partial charge in [-0.05, 0) is 26.0 Å². The SMILES string of the molecule is CCNC(=NCc1nncn1CC)Nc1ccc2c(c1)OCCCO2. The fraction of sp³-hybridized carbons (Fsp3) is 0.471. The third kappa shape index (κ3) is 4.40. The summed E-state index contributed by atoms with van der Waals surface area (Å²) in [5.74, 6) is 3.05. The molecule has 0 amide bonds. The molecule has 0 saturated carbocycles. The lowest BCUT2D eigenvalue weighted by Crippen LogP contribution is -2.30. The van der Waals surface area contributed by atoms with Crippen LogP contribution in [0, 0.1) is 0 Å². The van der Waals surface area contributed by atoms with Crippen LogP contribution in [-0.4, -0.2) is 40.5 Å². The van der Waals surface area contributed by atoms with Crippen LogP contribution >= 0.6 is 0 Å². The van der Waals surface area contributed by atoms with Crippen molar-refractivity contribution in [1.82, 2.24) is 20.1 Å². The van der Waals surface area contributed by atoms with Crippen LogP contribution in [0.5, 0.6) is 11.5 Å². The monoisotopic (exact) mass is 344 g/mol. The zero-order valence-electron chi connectivity index (χ0n) is 14.7. The van der Waals surface area contributed by atoms with E-state index in [-0.39, 0.29) is 0 Å². The molecule has 2 aromatic rings. The molecule has 0 atom stereocenters. The summed E-state index contributed by atoms with van der Waals surface area (Å²) in [7, 11) is 0. The van der Waals surface area contributed by atoms with Gasteiger partial charge in [0.1, 0.15) is 12.9 Å². The highest BCUT2D eigenvalue weighted by Gasteiger charge is 2.11. The molecule has 0 spiro atoms. The third-order valence-electron chi connectivity index (χ3n) is 3.77.